The third kappa shape index (κ3) is 9.19. The molecule has 0 spiro atoms. The van der Waals surface area contributed by atoms with Gasteiger partial charge in [-0.2, -0.15) is 0 Å². The number of amides is 4. The number of nitrogens with two attached hydrogens (primary N) is 2. The number of hydrogen-bond donors (Lipinski definition) is 8. The first kappa shape index (κ1) is 31.5. The van der Waals surface area contributed by atoms with E-state index in [9.17, 15) is 34.2 Å². The van der Waals surface area contributed by atoms with Crippen molar-refractivity contribution in [1.29, 1.82) is 5.41 Å². The third-order valence-electron chi connectivity index (χ3n) is 5.77. The normalized spacial score (nSPS) is 19.7. The fourth-order valence-corrected chi connectivity index (χ4v) is 4.77. The molecular weight excluding hydrogens is 532 g/mol. The van der Waals surface area contributed by atoms with Gasteiger partial charge in [-0.05, 0) is 20.3 Å². The molecule has 4 unspecified atom stereocenters. The number of aliphatic imine (C=N–C) groups is 1. The average molecular weight is 567 g/mol. The van der Waals surface area contributed by atoms with Gasteiger partial charge in [0.2, 0.25) is 23.6 Å². The number of aliphatic carboxylic acids is 1. The maximum Gasteiger partial charge on any atom is 0.308 e. The van der Waals surface area contributed by atoms with Gasteiger partial charge in [-0.3, -0.25) is 29.4 Å². The monoisotopic (exact) mass is 566 g/mol. The smallest absolute Gasteiger partial charge is 0.308 e. The molecule has 214 valence electrons. The molecule has 4 atom stereocenters. The zero-order valence-corrected chi connectivity index (χ0v) is 22.6. The Morgan fingerprint density at radius 2 is 1.77 bits per heavy atom. The number of thioether (sulfide) groups is 1. The summed E-state index contributed by atoms with van der Waals surface area (Å²) >= 11 is 0.875. The first-order chi connectivity index (χ1) is 18.1. The van der Waals surface area contributed by atoms with E-state index in [1.807, 2.05) is 6.08 Å². The number of carbonyl (C=O) groups excluding carboxylic acids is 4. The van der Waals surface area contributed by atoms with Crippen LogP contribution in [0.15, 0.2) is 27.6 Å². The van der Waals surface area contributed by atoms with E-state index in [4.69, 9.17) is 16.9 Å². The zero-order valence-electron chi connectivity index (χ0n) is 21.8. The summed E-state index contributed by atoms with van der Waals surface area (Å²) in [4.78, 5) is 65.9. The van der Waals surface area contributed by atoms with Crippen LogP contribution in [0, 0.1) is 5.41 Å². The van der Waals surface area contributed by atoms with E-state index < -0.39 is 59.9 Å². The largest absolute Gasteiger partial charge is 0.481 e. The molecule has 2 aliphatic rings. The number of hydrogen-bond acceptors (Lipinski definition) is 9. The van der Waals surface area contributed by atoms with Crippen molar-refractivity contribution in [3.8, 4) is 0 Å². The quantitative estimate of drug-likeness (QED) is 0.0593. The van der Waals surface area contributed by atoms with Crippen molar-refractivity contribution in [3.63, 3.8) is 0 Å². The predicted molar refractivity (Wildman–Crippen MR) is 143 cm³/mol. The van der Waals surface area contributed by atoms with Crippen LogP contribution >= 0.6 is 11.8 Å². The summed E-state index contributed by atoms with van der Waals surface area (Å²) in [5, 5.41) is 35.2. The fourth-order valence-electron chi connectivity index (χ4n) is 3.72. The van der Waals surface area contributed by atoms with Gasteiger partial charge in [0.05, 0.1) is 17.5 Å². The summed E-state index contributed by atoms with van der Waals surface area (Å²) in [5.41, 5.74) is 9.94. The maximum atomic E-state index is 12.8. The number of rotatable bonds is 11. The van der Waals surface area contributed by atoms with Gasteiger partial charge in [0.15, 0.2) is 11.7 Å². The lowest BCUT2D eigenvalue weighted by Crippen LogP contribution is -2.58. The van der Waals surface area contributed by atoms with E-state index in [2.05, 4.69) is 20.9 Å². The third-order valence-corrected chi connectivity index (χ3v) is 6.99. The van der Waals surface area contributed by atoms with Crippen molar-refractivity contribution >= 4 is 52.4 Å². The molecule has 39 heavy (non-hydrogen) atoms. The first-order valence-corrected chi connectivity index (χ1v) is 12.8. The van der Waals surface area contributed by atoms with E-state index in [-0.39, 0.29) is 23.7 Å². The van der Waals surface area contributed by atoms with E-state index in [1.165, 1.54) is 26.8 Å². The van der Waals surface area contributed by atoms with Crippen molar-refractivity contribution in [2.45, 2.75) is 63.9 Å². The van der Waals surface area contributed by atoms with Gasteiger partial charge >= 0.3 is 5.97 Å². The van der Waals surface area contributed by atoms with Gasteiger partial charge in [0.25, 0.3) is 0 Å². The van der Waals surface area contributed by atoms with Crippen molar-refractivity contribution in [3.05, 3.63) is 22.6 Å². The zero-order chi connectivity index (χ0) is 29.5. The number of nitrogens with zero attached hydrogens (tertiary/aromatic N) is 2. The van der Waals surface area contributed by atoms with Crippen LogP contribution in [0.25, 0.3) is 0 Å². The number of carboxylic acid groups (broad SMARTS) is 1. The molecule has 10 N–H and O–H groups in total. The van der Waals surface area contributed by atoms with Crippen LogP contribution in [-0.2, 0) is 24.0 Å². The van der Waals surface area contributed by atoms with E-state index >= 15 is 0 Å². The number of allylic oxidation sites excluding steroid dienone is 1. The number of carboxylic acids is 1. The van der Waals surface area contributed by atoms with Crippen molar-refractivity contribution in [2.24, 2.45) is 16.5 Å². The molecule has 0 aromatic rings. The molecule has 0 fully saturated rings. The van der Waals surface area contributed by atoms with Gasteiger partial charge in [-0.15, -0.1) is 0 Å². The first-order valence-electron chi connectivity index (χ1n) is 12.0. The molecule has 2 rings (SSSR count). The van der Waals surface area contributed by atoms with Gasteiger partial charge in [0, 0.05) is 31.3 Å². The SMILES string of the molecule is CC(=O)N=C1CC=C(C(O)(CC(=O)O)NC(=O)C(C)NC(=O)C(C)NC(=O)C(N)CC2=CCN(C(=N)N)C2)S1. The van der Waals surface area contributed by atoms with Gasteiger partial charge in [-0.1, -0.05) is 29.5 Å². The highest BCUT2D eigenvalue weighted by atomic mass is 32.2. The molecule has 0 aromatic heterocycles. The summed E-state index contributed by atoms with van der Waals surface area (Å²) in [6, 6.07) is -3.25. The van der Waals surface area contributed by atoms with Crippen LogP contribution in [0.4, 0.5) is 0 Å². The number of guanidine groups is 1. The minimum absolute atomic E-state index is 0.0789. The predicted octanol–water partition coefficient (Wildman–Crippen LogP) is -1.91. The molecule has 0 saturated carbocycles. The number of aliphatic hydroxyl groups is 1. The Balaban J connectivity index is 1.93. The Morgan fingerprint density at radius 3 is 2.33 bits per heavy atom. The molecule has 0 bridgehead atoms. The highest BCUT2D eigenvalue weighted by Gasteiger charge is 2.40. The summed E-state index contributed by atoms with van der Waals surface area (Å²) in [6.07, 6.45) is 2.79. The molecular formula is C23H34N8O7S. The van der Waals surface area contributed by atoms with Crippen molar-refractivity contribution in [1.82, 2.24) is 20.9 Å². The van der Waals surface area contributed by atoms with Crippen LogP contribution in [0.3, 0.4) is 0 Å². The van der Waals surface area contributed by atoms with E-state index in [0.29, 0.717) is 18.1 Å². The maximum absolute atomic E-state index is 12.8. The highest BCUT2D eigenvalue weighted by molar-refractivity contribution is 8.17. The summed E-state index contributed by atoms with van der Waals surface area (Å²) in [7, 11) is 0. The van der Waals surface area contributed by atoms with Gasteiger partial charge in [0.1, 0.15) is 12.1 Å². The fraction of sp³-hybridized carbons (Fsp3) is 0.522. The summed E-state index contributed by atoms with van der Waals surface area (Å²) < 4.78 is 0. The second-order valence-electron chi connectivity index (χ2n) is 9.22. The Bertz CT molecular complexity index is 1140. The Hall–Kier alpha value is -3.76. The summed E-state index contributed by atoms with van der Waals surface area (Å²) in [6.45, 7) is 4.79. The van der Waals surface area contributed by atoms with Crippen LogP contribution in [-0.4, -0.2) is 92.7 Å². The van der Waals surface area contributed by atoms with Crippen molar-refractivity contribution < 1.29 is 34.2 Å². The second kappa shape index (κ2) is 13.3. The second-order valence-corrected chi connectivity index (χ2v) is 10.3. The molecule has 15 nitrogen and oxygen atoms in total. The summed E-state index contributed by atoms with van der Waals surface area (Å²) in [5.74, 6) is -4.15. The molecule has 16 heteroatoms. The molecule has 2 heterocycles. The van der Waals surface area contributed by atoms with Crippen LogP contribution in [0.1, 0.15) is 40.0 Å². The van der Waals surface area contributed by atoms with E-state index in [0.717, 1.165) is 17.3 Å². The highest BCUT2D eigenvalue weighted by Crippen LogP contribution is 2.36. The molecule has 0 aromatic carbocycles. The van der Waals surface area contributed by atoms with Gasteiger partial charge < -0.3 is 42.5 Å². The molecule has 2 aliphatic heterocycles. The van der Waals surface area contributed by atoms with Crippen LogP contribution < -0.4 is 27.4 Å². The van der Waals surface area contributed by atoms with Gasteiger partial charge in [-0.25, -0.2) is 4.99 Å². The Kier molecular flexibility index (Phi) is 10.8. The molecule has 0 saturated heterocycles. The van der Waals surface area contributed by atoms with Crippen LogP contribution in [0.5, 0.6) is 0 Å². The molecule has 0 radical (unpaired) electrons. The topological polar surface area (TPSA) is 253 Å². The minimum Gasteiger partial charge on any atom is -0.481 e. The molecule has 4 amide bonds. The van der Waals surface area contributed by atoms with Crippen molar-refractivity contribution in [2.75, 3.05) is 13.1 Å². The lowest BCUT2D eigenvalue weighted by atomic mass is 10.1. The number of carbonyl (C=O) groups is 5. The van der Waals surface area contributed by atoms with Crippen LogP contribution in [0.2, 0.25) is 0 Å². The Labute approximate surface area is 229 Å². The molecule has 0 aliphatic carbocycles. The lowest BCUT2D eigenvalue weighted by molar-refractivity contribution is -0.144. The lowest BCUT2D eigenvalue weighted by Gasteiger charge is -2.30. The number of nitrogens with one attached hydrogen (secondary N) is 4. The minimum atomic E-state index is -2.31. The van der Waals surface area contributed by atoms with E-state index in [1.54, 1.807) is 4.90 Å². The standard InChI is InChI=1S/C23H34N8O7S/c1-11(28-21(37)15(24)8-14-6-7-31(10-14)22(25)26)19(35)27-12(2)20(36)30-23(38,9-18(33)34)16-4-5-17(39-16)29-13(3)32/h4,6,11-12,15,38H,5,7-10,24H2,1-3H3,(H3,25,26)(H,27,35)(H,28,37)(H,30,36)(H,33,34). The average Bonchev–Trinajstić information content (AvgIpc) is 3.48. The Morgan fingerprint density at radius 1 is 1.15 bits per heavy atom.